The Labute approximate surface area is 119 Å². The highest BCUT2D eigenvalue weighted by molar-refractivity contribution is 7.99. The number of thioether (sulfide) groups is 1. The maximum absolute atomic E-state index is 6.33. The van der Waals surface area contributed by atoms with Gasteiger partial charge in [0.25, 0.3) is 0 Å². The zero-order valence-electron chi connectivity index (χ0n) is 11.3. The van der Waals surface area contributed by atoms with Gasteiger partial charge >= 0.3 is 0 Å². The van der Waals surface area contributed by atoms with E-state index in [9.17, 15) is 0 Å². The van der Waals surface area contributed by atoms with E-state index in [2.05, 4.69) is 31.2 Å². The van der Waals surface area contributed by atoms with Crippen LogP contribution in [0, 0.1) is 0 Å². The zero-order valence-corrected chi connectivity index (χ0v) is 12.1. The highest BCUT2D eigenvalue weighted by Gasteiger charge is 2.13. The van der Waals surface area contributed by atoms with Gasteiger partial charge in [-0.05, 0) is 29.5 Å². The van der Waals surface area contributed by atoms with Gasteiger partial charge in [-0.25, -0.2) is 0 Å². The molecule has 0 spiro atoms. The molecule has 0 aromatic heterocycles. The van der Waals surface area contributed by atoms with Gasteiger partial charge in [-0.3, -0.25) is 0 Å². The molecule has 19 heavy (non-hydrogen) atoms. The number of para-hydroxylation sites is 1. The van der Waals surface area contributed by atoms with Gasteiger partial charge in [0.15, 0.2) is 0 Å². The Balaban J connectivity index is 2.25. The summed E-state index contributed by atoms with van der Waals surface area (Å²) in [4.78, 5) is 1.28. The second-order valence-electron chi connectivity index (χ2n) is 4.22. The fourth-order valence-electron chi connectivity index (χ4n) is 2.04. The van der Waals surface area contributed by atoms with Gasteiger partial charge in [0, 0.05) is 10.5 Å². The molecule has 0 saturated carbocycles. The quantitative estimate of drug-likeness (QED) is 0.840. The highest BCUT2D eigenvalue weighted by atomic mass is 32.2. The first-order chi connectivity index (χ1) is 9.26. The molecule has 0 heterocycles. The van der Waals surface area contributed by atoms with Gasteiger partial charge in [-0.1, -0.05) is 37.3 Å². The Kier molecular flexibility index (Phi) is 4.88. The lowest BCUT2D eigenvalue weighted by molar-refractivity contribution is 0.408. The monoisotopic (exact) mass is 273 g/mol. The molecule has 2 rings (SSSR count). The van der Waals surface area contributed by atoms with E-state index in [-0.39, 0.29) is 6.04 Å². The van der Waals surface area contributed by atoms with Crippen LogP contribution < -0.4 is 10.5 Å². The van der Waals surface area contributed by atoms with Gasteiger partial charge in [0.2, 0.25) is 0 Å². The molecule has 2 aromatic rings. The van der Waals surface area contributed by atoms with Crippen LogP contribution in [0.1, 0.15) is 24.1 Å². The number of rotatable bonds is 5. The second-order valence-corrected chi connectivity index (χ2v) is 5.56. The minimum Gasteiger partial charge on any atom is -0.496 e. The smallest absolute Gasteiger partial charge is 0.123 e. The SMILES string of the molecule is CCSc1ccc(C(N)c2ccccc2OC)cc1. The Bertz CT molecular complexity index is 525. The van der Waals surface area contributed by atoms with Crippen molar-refractivity contribution in [2.24, 2.45) is 5.73 Å². The van der Waals surface area contributed by atoms with E-state index in [1.807, 2.05) is 36.0 Å². The van der Waals surface area contributed by atoms with E-state index < -0.39 is 0 Å². The molecule has 0 saturated heterocycles. The molecule has 0 radical (unpaired) electrons. The summed E-state index contributed by atoms with van der Waals surface area (Å²) in [7, 11) is 1.67. The third kappa shape index (κ3) is 3.31. The van der Waals surface area contributed by atoms with E-state index >= 15 is 0 Å². The predicted molar refractivity (Wildman–Crippen MR) is 81.9 cm³/mol. The third-order valence-electron chi connectivity index (χ3n) is 3.02. The van der Waals surface area contributed by atoms with E-state index in [1.54, 1.807) is 7.11 Å². The Morgan fingerprint density at radius 1 is 1.11 bits per heavy atom. The van der Waals surface area contributed by atoms with E-state index in [0.29, 0.717) is 0 Å². The Hall–Kier alpha value is -1.45. The van der Waals surface area contributed by atoms with Crippen LogP contribution in [-0.4, -0.2) is 12.9 Å². The molecular weight excluding hydrogens is 254 g/mol. The minimum atomic E-state index is -0.156. The lowest BCUT2D eigenvalue weighted by atomic mass is 9.99. The molecule has 0 aliphatic rings. The molecule has 2 nitrogen and oxygen atoms in total. The van der Waals surface area contributed by atoms with Crippen LogP contribution in [0.2, 0.25) is 0 Å². The lowest BCUT2D eigenvalue weighted by Crippen LogP contribution is -2.12. The van der Waals surface area contributed by atoms with Crippen molar-refractivity contribution in [3.05, 3.63) is 59.7 Å². The normalized spacial score (nSPS) is 12.2. The molecule has 100 valence electrons. The van der Waals surface area contributed by atoms with Crippen LogP contribution in [0.4, 0.5) is 0 Å². The number of ether oxygens (including phenoxy) is 1. The first-order valence-electron chi connectivity index (χ1n) is 6.37. The van der Waals surface area contributed by atoms with Crippen LogP contribution in [-0.2, 0) is 0 Å². The van der Waals surface area contributed by atoms with Crippen LogP contribution >= 0.6 is 11.8 Å². The molecule has 0 amide bonds. The van der Waals surface area contributed by atoms with Gasteiger partial charge in [-0.2, -0.15) is 0 Å². The summed E-state index contributed by atoms with van der Waals surface area (Å²) in [6.07, 6.45) is 0. The molecule has 1 unspecified atom stereocenters. The minimum absolute atomic E-state index is 0.156. The maximum Gasteiger partial charge on any atom is 0.123 e. The van der Waals surface area contributed by atoms with Crippen LogP contribution in [0.15, 0.2) is 53.4 Å². The van der Waals surface area contributed by atoms with Crippen LogP contribution in [0.3, 0.4) is 0 Å². The lowest BCUT2D eigenvalue weighted by Gasteiger charge is -2.16. The number of hydrogen-bond donors (Lipinski definition) is 1. The van der Waals surface area contributed by atoms with Crippen molar-refractivity contribution < 1.29 is 4.74 Å². The molecule has 2 N–H and O–H groups in total. The molecular formula is C16H19NOS. The van der Waals surface area contributed by atoms with Gasteiger partial charge in [0.1, 0.15) is 5.75 Å². The zero-order chi connectivity index (χ0) is 13.7. The molecule has 3 heteroatoms. The van der Waals surface area contributed by atoms with Crippen LogP contribution in [0.5, 0.6) is 5.75 Å². The topological polar surface area (TPSA) is 35.2 Å². The molecule has 0 aliphatic heterocycles. The highest BCUT2D eigenvalue weighted by Crippen LogP contribution is 2.29. The predicted octanol–water partition coefficient (Wildman–Crippen LogP) is 3.86. The van der Waals surface area contributed by atoms with Crippen molar-refractivity contribution in [3.8, 4) is 5.75 Å². The molecule has 0 bridgehead atoms. The summed E-state index contributed by atoms with van der Waals surface area (Å²) in [5.74, 6) is 1.92. The average Bonchev–Trinajstić information content (AvgIpc) is 2.47. The van der Waals surface area contributed by atoms with E-state index in [4.69, 9.17) is 10.5 Å². The molecule has 1 atom stereocenters. The van der Waals surface area contributed by atoms with Gasteiger partial charge < -0.3 is 10.5 Å². The van der Waals surface area contributed by atoms with Crippen molar-refractivity contribution >= 4 is 11.8 Å². The summed E-state index contributed by atoms with van der Waals surface area (Å²) in [6.45, 7) is 2.15. The molecule has 0 fully saturated rings. The number of benzene rings is 2. The largest absolute Gasteiger partial charge is 0.496 e. The molecule has 0 aliphatic carbocycles. The first kappa shape index (κ1) is 14.0. The maximum atomic E-state index is 6.33. The summed E-state index contributed by atoms with van der Waals surface area (Å²) >= 11 is 1.83. The fourth-order valence-corrected chi connectivity index (χ4v) is 2.70. The fraction of sp³-hybridized carbons (Fsp3) is 0.250. The summed E-state index contributed by atoms with van der Waals surface area (Å²) < 4.78 is 5.37. The van der Waals surface area contributed by atoms with Gasteiger partial charge in [-0.15, -0.1) is 11.8 Å². The third-order valence-corrected chi connectivity index (χ3v) is 3.92. The summed E-state index contributed by atoms with van der Waals surface area (Å²) in [5, 5.41) is 0. The van der Waals surface area contributed by atoms with Crippen molar-refractivity contribution in [3.63, 3.8) is 0 Å². The second kappa shape index (κ2) is 6.64. The summed E-state index contributed by atoms with van der Waals surface area (Å²) in [6, 6.07) is 16.2. The molecule has 2 aromatic carbocycles. The van der Waals surface area contributed by atoms with Crippen molar-refractivity contribution in [2.45, 2.75) is 17.9 Å². The number of hydrogen-bond acceptors (Lipinski definition) is 3. The average molecular weight is 273 g/mol. The van der Waals surface area contributed by atoms with Gasteiger partial charge in [0.05, 0.1) is 13.2 Å². The van der Waals surface area contributed by atoms with Crippen molar-refractivity contribution in [1.29, 1.82) is 0 Å². The van der Waals surface area contributed by atoms with Crippen molar-refractivity contribution in [2.75, 3.05) is 12.9 Å². The summed E-state index contributed by atoms with van der Waals surface area (Å²) in [5.41, 5.74) is 8.45. The Morgan fingerprint density at radius 2 is 1.79 bits per heavy atom. The van der Waals surface area contributed by atoms with E-state index in [1.165, 1.54) is 4.90 Å². The van der Waals surface area contributed by atoms with Crippen LogP contribution in [0.25, 0.3) is 0 Å². The standard InChI is InChI=1S/C16H19NOS/c1-3-19-13-10-8-12(9-11-13)16(17)14-6-4-5-7-15(14)18-2/h4-11,16H,3,17H2,1-2H3. The number of methoxy groups -OCH3 is 1. The number of nitrogens with two attached hydrogens (primary N) is 1. The van der Waals surface area contributed by atoms with Crippen molar-refractivity contribution in [1.82, 2.24) is 0 Å². The first-order valence-corrected chi connectivity index (χ1v) is 7.36. The Morgan fingerprint density at radius 3 is 2.42 bits per heavy atom. The van der Waals surface area contributed by atoms with E-state index in [0.717, 1.165) is 22.6 Å².